The molecule has 0 aromatic heterocycles. The number of hydrogen-bond donors (Lipinski definition) is 5. The lowest BCUT2D eigenvalue weighted by atomic mass is 9.38. The number of rotatable bonds is 6. The molecule has 6 aromatic rings. The molecule has 11 nitrogen and oxygen atoms in total. The van der Waals surface area contributed by atoms with E-state index in [0.717, 1.165) is 86.5 Å². The Bertz CT molecular complexity index is 3540. The highest BCUT2D eigenvalue weighted by atomic mass is 16.6. The zero-order valence-electron chi connectivity index (χ0n) is 45.2. The first kappa shape index (κ1) is 51.2. The van der Waals surface area contributed by atoms with E-state index in [2.05, 4.69) is 71.8 Å². The molecule has 11 heteroatoms. The number of aliphatic hydroxyl groups is 1. The molecular weight excluding hydrogens is 991 g/mol. The predicted molar refractivity (Wildman–Crippen MR) is 302 cm³/mol. The van der Waals surface area contributed by atoms with Crippen LogP contribution in [-0.2, 0) is 50.3 Å². The molecule has 3 saturated carbocycles. The van der Waals surface area contributed by atoms with E-state index >= 15 is 4.79 Å². The van der Waals surface area contributed by atoms with Crippen molar-refractivity contribution >= 4 is 28.8 Å². The van der Waals surface area contributed by atoms with E-state index in [9.17, 15) is 25.2 Å². The van der Waals surface area contributed by atoms with Crippen LogP contribution in [0.1, 0.15) is 121 Å². The Labute approximate surface area is 462 Å². The van der Waals surface area contributed by atoms with E-state index in [1.807, 2.05) is 42.5 Å². The first-order valence-corrected chi connectivity index (χ1v) is 28.6. The highest BCUT2D eigenvalue weighted by Crippen LogP contribution is 2.72. The van der Waals surface area contributed by atoms with Crippen LogP contribution in [0, 0.1) is 40.9 Å². The minimum Gasteiger partial charge on any atom is -0.508 e. The summed E-state index contributed by atoms with van der Waals surface area (Å²) in [5.74, 6) is 5.47. The molecule has 0 saturated heterocycles. The molecule has 0 radical (unpaired) electrons. The third-order valence-electron chi connectivity index (χ3n) is 19.7. The van der Waals surface area contributed by atoms with Crippen LogP contribution in [0.15, 0.2) is 109 Å². The number of aryl methyl sites for hydroxylation is 1. The van der Waals surface area contributed by atoms with Crippen molar-refractivity contribution in [2.45, 2.75) is 126 Å². The zero-order chi connectivity index (χ0) is 54.3. The Kier molecular flexibility index (Phi) is 13.0. The van der Waals surface area contributed by atoms with Gasteiger partial charge in [0, 0.05) is 50.1 Å². The highest BCUT2D eigenvalue weighted by Gasteiger charge is 2.67. The van der Waals surface area contributed by atoms with Gasteiger partial charge in [0.1, 0.15) is 18.0 Å². The smallest absolute Gasteiger partial charge is 0.316 e. The highest BCUT2D eigenvalue weighted by molar-refractivity contribution is 5.99. The van der Waals surface area contributed by atoms with Crippen LogP contribution in [0.5, 0.6) is 28.7 Å². The number of phenolic OH excluding ortho intramolecular Hbond substituents is 3. The number of aromatic hydroxyl groups is 3. The van der Waals surface area contributed by atoms with Gasteiger partial charge < -0.3 is 44.7 Å². The number of aliphatic hydroxyl groups excluding tert-OH is 1. The summed E-state index contributed by atoms with van der Waals surface area (Å²) in [6.45, 7) is 2.85. The maximum atomic E-state index is 16.3. The van der Waals surface area contributed by atoms with Crippen LogP contribution in [0.3, 0.4) is 0 Å². The van der Waals surface area contributed by atoms with E-state index in [1.165, 1.54) is 18.1 Å². The van der Waals surface area contributed by atoms with Crippen molar-refractivity contribution in [3.8, 4) is 51.7 Å². The molecule has 6 aliphatic carbocycles. The number of hydrogen-bond acceptors (Lipinski definition) is 11. The van der Waals surface area contributed by atoms with Gasteiger partial charge >= 0.3 is 11.9 Å². The van der Waals surface area contributed by atoms with E-state index in [-0.39, 0.29) is 65.1 Å². The number of fused-ring (bicyclic) bond motifs is 12. The van der Waals surface area contributed by atoms with Crippen LogP contribution >= 0.6 is 0 Å². The summed E-state index contributed by atoms with van der Waals surface area (Å²) in [6, 6.07) is 34.2. The van der Waals surface area contributed by atoms with Crippen LogP contribution in [0.25, 0.3) is 28.0 Å². The van der Waals surface area contributed by atoms with Gasteiger partial charge in [-0.05, 0) is 196 Å². The lowest BCUT2D eigenvalue weighted by Gasteiger charge is -2.66. The Morgan fingerprint density at radius 3 is 2.46 bits per heavy atom. The summed E-state index contributed by atoms with van der Waals surface area (Å²) in [4.78, 5) is 30.2. The normalized spacial score (nSPS) is 29.3. The number of methoxy groups -OCH3 is 2. The number of benzene rings is 6. The molecule has 0 spiro atoms. The Morgan fingerprint density at radius 1 is 0.785 bits per heavy atom. The fraction of sp³-hybridized carbons (Fsp3) is 0.412. The molecule has 6 bridgehead atoms. The summed E-state index contributed by atoms with van der Waals surface area (Å²) in [6.07, 6.45) is 6.75. The van der Waals surface area contributed by atoms with Gasteiger partial charge in [-0.15, -0.1) is 5.92 Å². The van der Waals surface area contributed by atoms with Crippen molar-refractivity contribution in [2.24, 2.45) is 29.1 Å². The predicted octanol–water partition coefficient (Wildman–Crippen LogP) is 11.5. The Hall–Kier alpha value is -7.26. The SMILES string of the molecule is COc1cc2c(cc1O)C1CC(O)C3Cc4cc(O)c(OC)cc4C4CC(OC(=O)C56CCCC(C#CCCNCc7cccc(c7)-c7cc(O)cc8ccc5cc78)C6)CC(OC(C)=O)C(C2)C1(C1=Cc2ccccc2CC1)C43. The largest absolute Gasteiger partial charge is 0.508 e. The van der Waals surface area contributed by atoms with Gasteiger partial charge in [-0.1, -0.05) is 78.6 Å². The average Bonchev–Trinajstić information content (AvgIpc) is 2.39. The van der Waals surface area contributed by atoms with Gasteiger partial charge in [-0.2, -0.15) is 0 Å². The minimum absolute atomic E-state index is 0.0219. The molecule has 1 heterocycles. The molecule has 79 heavy (non-hydrogen) atoms. The summed E-state index contributed by atoms with van der Waals surface area (Å²) >= 11 is 0. The first-order valence-electron chi connectivity index (χ1n) is 28.6. The van der Waals surface area contributed by atoms with Crippen molar-refractivity contribution in [3.63, 3.8) is 0 Å². The van der Waals surface area contributed by atoms with Gasteiger partial charge in [-0.25, -0.2) is 0 Å². The topological polar surface area (TPSA) is 164 Å². The second-order valence-electron chi connectivity index (χ2n) is 23.8. The summed E-state index contributed by atoms with van der Waals surface area (Å²) in [5, 5.41) is 52.6. The van der Waals surface area contributed by atoms with Gasteiger partial charge in [0.15, 0.2) is 23.0 Å². The lowest BCUT2D eigenvalue weighted by molar-refractivity contribution is -0.181. The quantitative estimate of drug-likeness (QED) is 0.0797. The van der Waals surface area contributed by atoms with E-state index < -0.39 is 35.1 Å². The summed E-state index contributed by atoms with van der Waals surface area (Å²) in [5.41, 5.74) is 9.37. The van der Waals surface area contributed by atoms with Crippen molar-refractivity contribution in [1.29, 1.82) is 0 Å². The first-order chi connectivity index (χ1) is 38.3. The van der Waals surface area contributed by atoms with Crippen LogP contribution < -0.4 is 14.8 Å². The standard InChI is InChI=1S/C68H69NO10/c1-38(70)78-62-32-50(79-66(75)67-20-9-12-39(36-67)10-6-7-21-69-37-40-11-8-15-43(22-40)52-30-49(71)24-44-17-18-47(67)29-51(44)52)31-55-53-34-64(77-3)60(73)27-45(53)25-56-59(72)35-57-54-33-61(74)63(76-2)28-46(54)26-58(62)68(57,65(55)56)48-19-16-41-13-4-5-14-42(41)23-48/h4-5,8,11,13-15,17-18,22-24,27-30,33-34,39,50,55-59,62,65,69,71-74H,7,9,12,16,19-21,25-26,31-32,35-37H2,1-3H3. The number of ether oxygens (including phenoxy) is 4. The molecule has 7 aliphatic rings. The fourth-order valence-electron chi connectivity index (χ4n) is 16.6. The van der Waals surface area contributed by atoms with Crippen molar-refractivity contribution in [1.82, 2.24) is 5.32 Å². The Balaban J connectivity index is 1.01. The van der Waals surface area contributed by atoms with Gasteiger partial charge in [0.05, 0.1) is 25.7 Å². The molecule has 406 valence electrons. The number of carbonyl (C=O) groups excluding carboxylic acids is 2. The van der Waals surface area contributed by atoms with Crippen LogP contribution in [0.2, 0.25) is 0 Å². The number of allylic oxidation sites excluding steroid dienone is 1. The second kappa shape index (κ2) is 20.1. The van der Waals surface area contributed by atoms with Gasteiger partial charge in [-0.3, -0.25) is 9.59 Å². The van der Waals surface area contributed by atoms with E-state index in [1.54, 1.807) is 26.4 Å². The number of nitrogens with one attached hydrogen (secondary N) is 1. The van der Waals surface area contributed by atoms with Crippen molar-refractivity contribution in [3.05, 3.63) is 153 Å². The minimum atomic E-state index is -1.11. The third kappa shape index (κ3) is 8.64. The molecule has 11 unspecified atom stereocenters. The number of carbonyl (C=O) groups is 2. The van der Waals surface area contributed by atoms with Crippen LogP contribution in [0.4, 0.5) is 0 Å². The van der Waals surface area contributed by atoms with Crippen LogP contribution in [-0.4, -0.2) is 71.4 Å². The molecule has 6 aromatic carbocycles. The molecule has 5 N–H and O–H groups in total. The van der Waals surface area contributed by atoms with Gasteiger partial charge in [0.2, 0.25) is 0 Å². The average molecular weight is 1060 g/mol. The fourth-order valence-corrected chi connectivity index (χ4v) is 16.6. The summed E-state index contributed by atoms with van der Waals surface area (Å²) < 4.78 is 25.8. The lowest BCUT2D eigenvalue weighted by Crippen LogP contribution is -2.64. The number of phenols is 3. The van der Waals surface area contributed by atoms with Crippen molar-refractivity contribution < 1.29 is 49.0 Å². The molecule has 13 rings (SSSR count). The third-order valence-corrected chi connectivity index (χ3v) is 19.7. The van der Waals surface area contributed by atoms with Crippen molar-refractivity contribution in [2.75, 3.05) is 20.8 Å². The number of esters is 2. The molecule has 0 amide bonds. The van der Waals surface area contributed by atoms with Gasteiger partial charge in [0.25, 0.3) is 0 Å². The van der Waals surface area contributed by atoms with E-state index in [4.69, 9.17) is 18.9 Å². The zero-order valence-corrected chi connectivity index (χ0v) is 45.2. The monoisotopic (exact) mass is 1060 g/mol. The summed E-state index contributed by atoms with van der Waals surface area (Å²) in [7, 11) is 3.11. The maximum Gasteiger partial charge on any atom is 0.316 e. The Morgan fingerprint density at radius 2 is 1.61 bits per heavy atom. The molecule has 1 aliphatic heterocycles. The maximum absolute atomic E-state index is 16.3. The molecular formula is C68H69NO10. The van der Waals surface area contributed by atoms with E-state index in [0.29, 0.717) is 69.5 Å². The second-order valence-corrected chi connectivity index (χ2v) is 23.8. The molecule has 3 fully saturated rings. The molecule has 11 atom stereocenters.